The van der Waals surface area contributed by atoms with Crippen LogP contribution in [-0.2, 0) is 11.2 Å². The van der Waals surface area contributed by atoms with Crippen molar-refractivity contribution in [2.75, 3.05) is 13.1 Å². The van der Waals surface area contributed by atoms with E-state index in [9.17, 15) is 14.0 Å². The number of hydrogen-bond donors (Lipinski definition) is 4. The summed E-state index contributed by atoms with van der Waals surface area (Å²) >= 11 is 0. The van der Waals surface area contributed by atoms with Gasteiger partial charge in [-0.2, -0.15) is 0 Å². The molecule has 4 N–H and O–H groups in total. The van der Waals surface area contributed by atoms with Crippen LogP contribution in [-0.4, -0.2) is 34.9 Å². The van der Waals surface area contributed by atoms with Gasteiger partial charge in [-0.1, -0.05) is 30.3 Å². The summed E-state index contributed by atoms with van der Waals surface area (Å²) in [4.78, 5) is 31.2. The average Bonchev–Trinajstić information content (AvgIpc) is 3.46. The molecule has 2 amide bonds. The molecule has 0 spiro atoms. The fourth-order valence-electron chi connectivity index (χ4n) is 4.14. The lowest BCUT2D eigenvalue weighted by Crippen LogP contribution is -2.37. The molecular weight excluding hydrogens is 431 g/mol. The van der Waals surface area contributed by atoms with Crippen LogP contribution in [0.25, 0.3) is 32.9 Å². The predicted molar refractivity (Wildman–Crippen MR) is 131 cm³/mol. The molecule has 2 heterocycles. The highest BCUT2D eigenvalue weighted by molar-refractivity contribution is 6.03. The van der Waals surface area contributed by atoms with Gasteiger partial charge in [0.05, 0.1) is 6.54 Å². The Morgan fingerprint density at radius 3 is 2.44 bits per heavy atom. The largest absolute Gasteiger partial charge is 0.361 e. The van der Waals surface area contributed by atoms with Crippen LogP contribution in [0, 0.1) is 5.82 Å². The Balaban J connectivity index is 1.18. The highest BCUT2D eigenvalue weighted by Crippen LogP contribution is 2.29. The zero-order chi connectivity index (χ0) is 23.5. The Kier molecular flexibility index (Phi) is 5.82. The van der Waals surface area contributed by atoms with Crippen molar-refractivity contribution in [2.24, 2.45) is 0 Å². The van der Waals surface area contributed by atoms with Crippen molar-refractivity contribution < 1.29 is 14.0 Å². The van der Waals surface area contributed by atoms with E-state index in [1.807, 2.05) is 54.9 Å². The first-order valence-corrected chi connectivity index (χ1v) is 11.1. The van der Waals surface area contributed by atoms with E-state index >= 15 is 0 Å². The van der Waals surface area contributed by atoms with E-state index in [4.69, 9.17) is 0 Å². The summed E-state index contributed by atoms with van der Waals surface area (Å²) in [5.41, 5.74) is 5.27. The maximum absolute atomic E-state index is 13.5. The third-order valence-corrected chi connectivity index (χ3v) is 5.88. The van der Waals surface area contributed by atoms with Crippen molar-refractivity contribution in [3.05, 3.63) is 96.1 Å². The van der Waals surface area contributed by atoms with Crippen LogP contribution >= 0.6 is 0 Å². The Hall–Kier alpha value is -4.39. The molecule has 0 aliphatic heterocycles. The average molecular weight is 455 g/mol. The predicted octanol–water partition coefficient (Wildman–Crippen LogP) is 4.54. The maximum Gasteiger partial charge on any atom is 0.251 e. The fraction of sp³-hybridized carbons (Fsp3) is 0.111. The molecule has 0 fully saturated rings. The number of H-pyrrole nitrogens is 2. The number of amides is 2. The maximum atomic E-state index is 13.5. The number of aromatic amines is 2. The number of nitrogens with one attached hydrogen (secondary N) is 4. The van der Waals surface area contributed by atoms with Crippen molar-refractivity contribution >= 4 is 33.6 Å². The molecule has 3 aromatic carbocycles. The van der Waals surface area contributed by atoms with Crippen molar-refractivity contribution in [2.45, 2.75) is 6.42 Å². The lowest BCUT2D eigenvalue weighted by atomic mass is 10.0. The molecule has 0 unspecified atom stereocenters. The summed E-state index contributed by atoms with van der Waals surface area (Å²) in [6.07, 6.45) is 4.30. The van der Waals surface area contributed by atoms with Gasteiger partial charge in [0.2, 0.25) is 5.91 Å². The summed E-state index contributed by atoms with van der Waals surface area (Å²) in [7, 11) is 0. The molecular formula is C27H23FN4O2. The Morgan fingerprint density at radius 1 is 0.824 bits per heavy atom. The van der Waals surface area contributed by atoms with Crippen molar-refractivity contribution in [1.82, 2.24) is 20.6 Å². The van der Waals surface area contributed by atoms with Crippen LogP contribution in [0.1, 0.15) is 15.9 Å². The highest BCUT2D eigenvalue weighted by Gasteiger charge is 2.12. The van der Waals surface area contributed by atoms with Gasteiger partial charge in [-0.15, -0.1) is 0 Å². The second-order valence-electron chi connectivity index (χ2n) is 8.12. The van der Waals surface area contributed by atoms with Gasteiger partial charge >= 0.3 is 0 Å². The molecule has 0 saturated heterocycles. The molecule has 2 aromatic heterocycles. The zero-order valence-corrected chi connectivity index (χ0v) is 18.3. The van der Waals surface area contributed by atoms with E-state index in [1.54, 1.807) is 12.1 Å². The standard InChI is InChI=1S/C27H23FN4O2/c28-20-7-9-24-21(13-20)19(14-30-24)10-11-29-26(33)16-32-27(34)18-6-8-25-22(12-18)23(15-31-25)17-4-2-1-3-5-17/h1-9,12-15,30-31H,10-11,16H2,(H,29,33)(H,32,34). The Bertz CT molecular complexity index is 1490. The molecule has 5 aromatic rings. The van der Waals surface area contributed by atoms with Crippen molar-refractivity contribution in [3.63, 3.8) is 0 Å². The van der Waals surface area contributed by atoms with E-state index in [2.05, 4.69) is 20.6 Å². The first kappa shape index (κ1) is 21.5. The van der Waals surface area contributed by atoms with Crippen LogP contribution in [0.3, 0.4) is 0 Å². The summed E-state index contributed by atoms with van der Waals surface area (Å²) in [5, 5.41) is 7.22. The number of carbonyl (C=O) groups is 2. The second kappa shape index (κ2) is 9.23. The highest BCUT2D eigenvalue weighted by atomic mass is 19.1. The van der Waals surface area contributed by atoms with Crippen LogP contribution in [0.2, 0.25) is 0 Å². The van der Waals surface area contributed by atoms with Gasteiger partial charge in [0.15, 0.2) is 0 Å². The lowest BCUT2D eigenvalue weighted by molar-refractivity contribution is -0.120. The number of benzene rings is 3. The topological polar surface area (TPSA) is 89.8 Å². The lowest BCUT2D eigenvalue weighted by Gasteiger charge is -2.08. The smallest absolute Gasteiger partial charge is 0.251 e. The van der Waals surface area contributed by atoms with Crippen LogP contribution in [0.4, 0.5) is 4.39 Å². The normalized spacial score (nSPS) is 11.1. The molecule has 0 atom stereocenters. The first-order valence-electron chi connectivity index (χ1n) is 11.1. The number of halogens is 1. The zero-order valence-electron chi connectivity index (χ0n) is 18.3. The molecule has 0 saturated carbocycles. The summed E-state index contributed by atoms with van der Waals surface area (Å²) in [6.45, 7) is 0.256. The minimum atomic E-state index is -0.315. The molecule has 5 rings (SSSR count). The van der Waals surface area contributed by atoms with Gasteiger partial charge in [0, 0.05) is 51.9 Å². The molecule has 0 aliphatic carbocycles. The molecule has 6 nitrogen and oxygen atoms in total. The second-order valence-corrected chi connectivity index (χ2v) is 8.12. The van der Waals surface area contributed by atoms with Crippen LogP contribution in [0.15, 0.2) is 79.1 Å². The Morgan fingerprint density at radius 2 is 1.59 bits per heavy atom. The minimum absolute atomic E-state index is 0.127. The number of hydrogen-bond acceptors (Lipinski definition) is 2. The van der Waals surface area contributed by atoms with E-state index in [0.717, 1.165) is 38.5 Å². The quantitative estimate of drug-likeness (QED) is 0.291. The fourth-order valence-corrected chi connectivity index (χ4v) is 4.14. The summed E-state index contributed by atoms with van der Waals surface area (Å²) < 4.78 is 13.5. The van der Waals surface area contributed by atoms with Gasteiger partial charge in [-0.3, -0.25) is 9.59 Å². The summed E-state index contributed by atoms with van der Waals surface area (Å²) in [5.74, 6) is -0.898. The van der Waals surface area contributed by atoms with Crippen LogP contribution in [0.5, 0.6) is 0 Å². The monoisotopic (exact) mass is 454 g/mol. The van der Waals surface area contributed by atoms with Crippen molar-refractivity contribution in [3.8, 4) is 11.1 Å². The number of rotatable bonds is 7. The first-order chi connectivity index (χ1) is 16.6. The van der Waals surface area contributed by atoms with Gasteiger partial charge in [-0.25, -0.2) is 4.39 Å². The van der Waals surface area contributed by atoms with Crippen LogP contribution < -0.4 is 10.6 Å². The third kappa shape index (κ3) is 4.41. The molecule has 170 valence electrons. The van der Waals surface area contributed by atoms with E-state index in [0.29, 0.717) is 18.5 Å². The molecule has 0 bridgehead atoms. The minimum Gasteiger partial charge on any atom is -0.361 e. The van der Waals surface area contributed by atoms with E-state index < -0.39 is 0 Å². The van der Waals surface area contributed by atoms with E-state index in [-0.39, 0.29) is 24.2 Å². The number of aromatic nitrogens is 2. The van der Waals surface area contributed by atoms with Gasteiger partial charge in [0.1, 0.15) is 5.82 Å². The summed E-state index contributed by atoms with van der Waals surface area (Å²) in [6, 6.07) is 19.9. The molecule has 34 heavy (non-hydrogen) atoms. The number of fused-ring (bicyclic) bond motifs is 2. The van der Waals surface area contributed by atoms with Gasteiger partial charge in [0.25, 0.3) is 5.91 Å². The van der Waals surface area contributed by atoms with Gasteiger partial charge in [-0.05, 0) is 53.9 Å². The molecule has 7 heteroatoms. The molecule has 0 aliphatic rings. The van der Waals surface area contributed by atoms with E-state index in [1.165, 1.54) is 12.1 Å². The Labute approximate surface area is 195 Å². The van der Waals surface area contributed by atoms with Crippen molar-refractivity contribution in [1.29, 1.82) is 0 Å². The SMILES string of the molecule is O=C(CNC(=O)c1ccc2[nH]cc(-c3ccccc3)c2c1)NCCc1c[nH]c2ccc(F)cc12. The van der Waals surface area contributed by atoms with Gasteiger partial charge < -0.3 is 20.6 Å². The number of carbonyl (C=O) groups excluding carboxylic acids is 2. The molecule has 0 radical (unpaired) electrons. The third-order valence-electron chi connectivity index (χ3n) is 5.88.